The van der Waals surface area contributed by atoms with Gasteiger partial charge in [0.05, 0.1) is 12.5 Å². The third-order valence-electron chi connectivity index (χ3n) is 3.75. The van der Waals surface area contributed by atoms with E-state index in [1.807, 2.05) is 17.7 Å². The average Bonchev–Trinajstić information content (AvgIpc) is 3.11. The molecule has 1 N–H and O–H groups in total. The van der Waals surface area contributed by atoms with Crippen LogP contribution in [0.15, 0.2) is 16.7 Å². The van der Waals surface area contributed by atoms with Gasteiger partial charge in [-0.15, -0.1) is 0 Å². The van der Waals surface area contributed by atoms with Gasteiger partial charge in [0, 0.05) is 36.9 Å². The molecule has 122 valence electrons. The highest BCUT2D eigenvalue weighted by molar-refractivity contribution is 9.10. The number of hydrogen-bond acceptors (Lipinski definition) is 3. The van der Waals surface area contributed by atoms with Crippen molar-refractivity contribution in [1.29, 1.82) is 0 Å². The number of carboxylic acid groups (broad SMARTS) is 1. The largest absolute Gasteiger partial charge is 0.481 e. The van der Waals surface area contributed by atoms with E-state index in [0.29, 0.717) is 25.4 Å². The first kappa shape index (κ1) is 17.0. The Morgan fingerprint density at radius 1 is 1.55 bits per heavy atom. The zero-order valence-corrected chi connectivity index (χ0v) is 14.2. The third kappa shape index (κ3) is 4.33. The molecule has 2 heterocycles. The molecule has 1 amide bonds. The van der Waals surface area contributed by atoms with E-state index in [9.17, 15) is 9.59 Å². The molecule has 1 saturated heterocycles. The Morgan fingerprint density at radius 3 is 2.91 bits per heavy atom. The maximum absolute atomic E-state index is 12.8. The van der Waals surface area contributed by atoms with Gasteiger partial charge in [-0.25, -0.2) is 0 Å². The van der Waals surface area contributed by atoms with E-state index in [2.05, 4.69) is 15.9 Å². The number of aromatic nitrogens is 1. The van der Waals surface area contributed by atoms with Crippen LogP contribution < -0.4 is 0 Å². The van der Waals surface area contributed by atoms with Crippen molar-refractivity contribution < 1.29 is 19.4 Å². The second-order valence-electron chi connectivity index (χ2n) is 5.36. The Kier molecular flexibility index (Phi) is 6.02. The number of aliphatic carboxylic acids is 1. The van der Waals surface area contributed by atoms with Crippen molar-refractivity contribution in [3.8, 4) is 0 Å². The molecule has 0 aromatic carbocycles. The molecule has 0 radical (unpaired) electrons. The molecule has 1 unspecified atom stereocenters. The van der Waals surface area contributed by atoms with Crippen LogP contribution in [-0.2, 0) is 16.1 Å². The van der Waals surface area contributed by atoms with Crippen LogP contribution in [0.25, 0.3) is 0 Å². The minimum absolute atomic E-state index is 0.00576. The smallest absolute Gasteiger partial charge is 0.305 e. The summed E-state index contributed by atoms with van der Waals surface area (Å²) in [7, 11) is 0. The van der Waals surface area contributed by atoms with Crippen LogP contribution in [0.4, 0.5) is 0 Å². The fraction of sp³-hybridized carbons (Fsp3) is 0.600. The number of ether oxygens (including phenoxy) is 1. The quantitative estimate of drug-likeness (QED) is 0.797. The van der Waals surface area contributed by atoms with Gasteiger partial charge in [-0.1, -0.05) is 0 Å². The molecule has 6 nitrogen and oxygen atoms in total. The molecule has 22 heavy (non-hydrogen) atoms. The molecule has 1 aliphatic heterocycles. The second-order valence-corrected chi connectivity index (χ2v) is 6.28. The summed E-state index contributed by atoms with van der Waals surface area (Å²) in [5, 5.41) is 8.90. The first-order chi connectivity index (χ1) is 10.5. The van der Waals surface area contributed by atoms with E-state index in [-0.39, 0.29) is 25.0 Å². The first-order valence-electron chi connectivity index (χ1n) is 7.49. The summed E-state index contributed by atoms with van der Waals surface area (Å²) in [4.78, 5) is 25.2. The van der Waals surface area contributed by atoms with Gasteiger partial charge in [0.15, 0.2) is 0 Å². The number of amides is 1. The summed E-state index contributed by atoms with van der Waals surface area (Å²) in [6.07, 6.45) is 3.70. The molecule has 0 spiro atoms. The van der Waals surface area contributed by atoms with Gasteiger partial charge in [-0.2, -0.15) is 0 Å². The molecule has 1 fully saturated rings. The maximum atomic E-state index is 12.8. The van der Waals surface area contributed by atoms with Crippen LogP contribution in [0.3, 0.4) is 0 Å². The fourth-order valence-electron chi connectivity index (χ4n) is 2.62. The lowest BCUT2D eigenvalue weighted by Gasteiger charge is -2.25. The molecule has 1 atom stereocenters. The Balaban J connectivity index is 2.14. The van der Waals surface area contributed by atoms with E-state index < -0.39 is 5.97 Å². The third-order valence-corrected chi connectivity index (χ3v) is 4.19. The molecule has 1 aromatic heterocycles. The Bertz CT molecular complexity index is 538. The maximum Gasteiger partial charge on any atom is 0.305 e. The Labute approximate surface area is 138 Å². The molecular weight excluding hydrogens is 352 g/mol. The van der Waals surface area contributed by atoms with Gasteiger partial charge in [-0.3, -0.25) is 9.59 Å². The predicted octanol–water partition coefficient (Wildman–Crippen LogP) is 2.37. The Morgan fingerprint density at radius 2 is 2.32 bits per heavy atom. The summed E-state index contributed by atoms with van der Waals surface area (Å²) < 4.78 is 8.28. The first-order valence-corrected chi connectivity index (χ1v) is 8.29. The lowest BCUT2D eigenvalue weighted by molar-refractivity contribution is -0.137. The molecule has 1 aliphatic rings. The highest BCUT2D eigenvalue weighted by Gasteiger charge is 2.25. The zero-order chi connectivity index (χ0) is 16.1. The summed E-state index contributed by atoms with van der Waals surface area (Å²) in [5.41, 5.74) is 0.567. The summed E-state index contributed by atoms with van der Waals surface area (Å²) in [5.74, 6) is -1.05. The number of aryl methyl sites for hydroxylation is 1. The number of carboxylic acids is 1. The van der Waals surface area contributed by atoms with E-state index in [0.717, 1.165) is 17.3 Å². The summed E-state index contributed by atoms with van der Waals surface area (Å²) >= 11 is 3.38. The van der Waals surface area contributed by atoms with Crippen LogP contribution >= 0.6 is 15.9 Å². The van der Waals surface area contributed by atoms with Crippen LogP contribution in [0.1, 0.15) is 36.7 Å². The van der Waals surface area contributed by atoms with Crippen LogP contribution in [0.2, 0.25) is 0 Å². The van der Waals surface area contributed by atoms with Crippen molar-refractivity contribution in [2.24, 2.45) is 0 Å². The highest BCUT2D eigenvalue weighted by Crippen LogP contribution is 2.19. The van der Waals surface area contributed by atoms with E-state index in [1.165, 1.54) is 0 Å². The summed E-state index contributed by atoms with van der Waals surface area (Å²) in [6, 6.07) is 1.77. The van der Waals surface area contributed by atoms with Gasteiger partial charge in [0.2, 0.25) is 0 Å². The minimum atomic E-state index is -0.905. The summed E-state index contributed by atoms with van der Waals surface area (Å²) in [6.45, 7) is 3.99. The van der Waals surface area contributed by atoms with Gasteiger partial charge in [-0.05, 0) is 41.8 Å². The monoisotopic (exact) mass is 372 g/mol. The van der Waals surface area contributed by atoms with Gasteiger partial charge < -0.3 is 19.3 Å². The molecule has 0 bridgehead atoms. The SMILES string of the molecule is CCn1cc(Br)cc1C(=O)N(CCC(=O)O)CC1CCCO1. The van der Waals surface area contributed by atoms with Crippen molar-refractivity contribution in [1.82, 2.24) is 9.47 Å². The van der Waals surface area contributed by atoms with Gasteiger partial charge in [0.1, 0.15) is 5.69 Å². The van der Waals surface area contributed by atoms with Gasteiger partial charge in [0.25, 0.3) is 5.91 Å². The van der Waals surface area contributed by atoms with Crippen LogP contribution in [0.5, 0.6) is 0 Å². The average molecular weight is 373 g/mol. The fourth-order valence-corrected chi connectivity index (χ4v) is 3.08. The molecular formula is C15H21BrN2O4. The van der Waals surface area contributed by atoms with Crippen LogP contribution in [0, 0.1) is 0 Å². The lowest BCUT2D eigenvalue weighted by atomic mass is 10.2. The van der Waals surface area contributed by atoms with Crippen molar-refractivity contribution >= 4 is 27.8 Å². The molecule has 1 aromatic rings. The van der Waals surface area contributed by atoms with E-state index >= 15 is 0 Å². The number of hydrogen-bond donors (Lipinski definition) is 1. The lowest BCUT2D eigenvalue weighted by Crippen LogP contribution is -2.39. The number of carbonyl (C=O) groups is 2. The standard InChI is InChI=1S/C15H21BrN2O4/c1-2-17-9-11(16)8-13(17)15(21)18(6-5-14(19)20)10-12-4-3-7-22-12/h8-9,12H,2-7,10H2,1H3,(H,19,20). The number of rotatable bonds is 7. The number of halogens is 1. The normalized spacial score (nSPS) is 17.6. The predicted molar refractivity (Wildman–Crippen MR) is 84.9 cm³/mol. The topological polar surface area (TPSA) is 71.8 Å². The van der Waals surface area contributed by atoms with Crippen molar-refractivity contribution in [2.45, 2.75) is 38.8 Å². The minimum Gasteiger partial charge on any atom is -0.481 e. The molecule has 2 rings (SSSR count). The van der Waals surface area contributed by atoms with Crippen molar-refractivity contribution in [2.75, 3.05) is 19.7 Å². The highest BCUT2D eigenvalue weighted by atomic mass is 79.9. The zero-order valence-electron chi connectivity index (χ0n) is 12.6. The number of nitrogens with zero attached hydrogens (tertiary/aromatic N) is 2. The van der Waals surface area contributed by atoms with Crippen molar-refractivity contribution in [3.63, 3.8) is 0 Å². The molecule has 0 saturated carbocycles. The number of carbonyl (C=O) groups excluding carboxylic acids is 1. The molecule has 7 heteroatoms. The van der Waals surface area contributed by atoms with Gasteiger partial charge >= 0.3 is 5.97 Å². The van der Waals surface area contributed by atoms with Crippen LogP contribution in [-0.4, -0.2) is 52.3 Å². The van der Waals surface area contributed by atoms with E-state index in [1.54, 1.807) is 11.0 Å². The second kappa shape index (κ2) is 7.78. The van der Waals surface area contributed by atoms with E-state index in [4.69, 9.17) is 9.84 Å². The molecule has 0 aliphatic carbocycles. The van der Waals surface area contributed by atoms with Crippen molar-refractivity contribution in [3.05, 3.63) is 22.4 Å². The Hall–Kier alpha value is -1.34.